The largest absolute Gasteiger partial charge is 0.454 e. The molecule has 0 fully saturated rings. The number of ketones is 2. The fourth-order valence-electron chi connectivity index (χ4n) is 3.83. The molecule has 8 heteroatoms. The Labute approximate surface area is 213 Å². The molecule has 186 valence electrons. The van der Waals surface area contributed by atoms with Crippen LogP contribution in [0.5, 0.6) is 11.5 Å². The SMILES string of the molecule is N#Cc1ccc(C[C@H](NC(=O)/C=C/c2ccc3c(c2)OCO3)C(=O)Cc2ccc(C(=O)CO)cc2)cc1. The maximum Gasteiger partial charge on any atom is 0.244 e. The molecule has 1 atom stereocenters. The fourth-order valence-corrected chi connectivity index (χ4v) is 3.83. The highest BCUT2D eigenvalue weighted by molar-refractivity contribution is 5.98. The van der Waals surface area contributed by atoms with Gasteiger partial charge in [-0.05, 0) is 53.5 Å². The zero-order chi connectivity index (χ0) is 26.2. The van der Waals surface area contributed by atoms with Gasteiger partial charge in [0.1, 0.15) is 6.61 Å². The van der Waals surface area contributed by atoms with Crippen molar-refractivity contribution < 1.29 is 29.0 Å². The molecule has 1 amide bonds. The smallest absolute Gasteiger partial charge is 0.244 e. The van der Waals surface area contributed by atoms with Crippen LogP contribution in [0.1, 0.15) is 32.6 Å². The summed E-state index contributed by atoms with van der Waals surface area (Å²) in [5.41, 5.74) is 3.07. The zero-order valence-electron chi connectivity index (χ0n) is 19.8. The van der Waals surface area contributed by atoms with E-state index in [-0.39, 0.29) is 25.4 Å². The standard InChI is InChI=1S/C29H24N2O6/c30-16-22-3-1-19(2-4-22)13-24(25(33)14-20-5-9-23(10-6-20)26(34)17-32)31-29(35)12-8-21-7-11-27-28(15-21)37-18-36-27/h1-12,15,24,32H,13-14,17-18H2,(H,31,35)/b12-8+/t24-/m0/s1. The molecule has 4 rings (SSSR count). The Kier molecular flexibility index (Phi) is 8.08. The van der Waals surface area contributed by atoms with Gasteiger partial charge in [-0.15, -0.1) is 0 Å². The van der Waals surface area contributed by atoms with Crippen LogP contribution in [0.3, 0.4) is 0 Å². The summed E-state index contributed by atoms with van der Waals surface area (Å²) in [6, 6.07) is 19.8. The van der Waals surface area contributed by atoms with Crippen LogP contribution in [0.15, 0.2) is 72.8 Å². The van der Waals surface area contributed by atoms with Crippen molar-refractivity contribution in [1.82, 2.24) is 5.32 Å². The average molecular weight is 497 g/mol. The van der Waals surface area contributed by atoms with E-state index < -0.39 is 24.3 Å². The van der Waals surface area contributed by atoms with Gasteiger partial charge in [0.15, 0.2) is 23.1 Å². The van der Waals surface area contributed by atoms with E-state index in [1.165, 1.54) is 6.08 Å². The van der Waals surface area contributed by atoms with Crippen LogP contribution >= 0.6 is 0 Å². The molecule has 3 aromatic rings. The molecule has 1 aliphatic rings. The molecule has 37 heavy (non-hydrogen) atoms. The predicted molar refractivity (Wildman–Crippen MR) is 135 cm³/mol. The monoisotopic (exact) mass is 496 g/mol. The average Bonchev–Trinajstić information content (AvgIpc) is 3.40. The molecule has 0 saturated carbocycles. The molecular formula is C29H24N2O6. The summed E-state index contributed by atoms with van der Waals surface area (Å²) >= 11 is 0. The van der Waals surface area contributed by atoms with E-state index in [1.807, 2.05) is 0 Å². The van der Waals surface area contributed by atoms with Crippen molar-refractivity contribution in [2.45, 2.75) is 18.9 Å². The predicted octanol–water partition coefficient (Wildman–Crippen LogP) is 3.01. The topological polar surface area (TPSA) is 126 Å². The normalized spacial score (nSPS) is 12.6. The van der Waals surface area contributed by atoms with Gasteiger partial charge in [0, 0.05) is 18.1 Å². The van der Waals surface area contributed by atoms with Crippen molar-refractivity contribution in [3.8, 4) is 17.6 Å². The van der Waals surface area contributed by atoms with Gasteiger partial charge in [-0.1, -0.05) is 42.5 Å². The molecule has 2 N–H and O–H groups in total. The Morgan fingerprint density at radius 1 is 0.973 bits per heavy atom. The lowest BCUT2D eigenvalue weighted by Gasteiger charge is -2.17. The number of hydrogen-bond acceptors (Lipinski definition) is 7. The first kappa shape index (κ1) is 25.4. The Morgan fingerprint density at radius 2 is 1.68 bits per heavy atom. The van der Waals surface area contributed by atoms with Crippen LogP contribution in [0.4, 0.5) is 0 Å². The zero-order valence-corrected chi connectivity index (χ0v) is 19.8. The van der Waals surface area contributed by atoms with Crippen molar-refractivity contribution in [1.29, 1.82) is 5.26 Å². The lowest BCUT2D eigenvalue weighted by Crippen LogP contribution is -2.42. The maximum absolute atomic E-state index is 13.2. The maximum atomic E-state index is 13.2. The molecule has 0 spiro atoms. The molecule has 0 bridgehead atoms. The number of aliphatic hydroxyl groups excluding tert-OH is 1. The van der Waals surface area contributed by atoms with E-state index >= 15 is 0 Å². The number of carbonyl (C=O) groups excluding carboxylic acids is 3. The van der Waals surface area contributed by atoms with Crippen molar-refractivity contribution in [3.63, 3.8) is 0 Å². The molecule has 1 heterocycles. The summed E-state index contributed by atoms with van der Waals surface area (Å²) in [4.78, 5) is 37.6. The van der Waals surface area contributed by atoms with Gasteiger partial charge in [-0.25, -0.2) is 0 Å². The van der Waals surface area contributed by atoms with Crippen LogP contribution in [-0.4, -0.2) is 42.0 Å². The minimum absolute atomic E-state index is 0.0424. The van der Waals surface area contributed by atoms with Gasteiger partial charge in [-0.3, -0.25) is 14.4 Å². The second-order valence-electron chi connectivity index (χ2n) is 8.44. The highest BCUT2D eigenvalue weighted by Gasteiger charge is 2.21. The number of carbonyl (C=O) groups is 3. The number of fused-ring (bicyclic) bond motifs is 1. The number of hydrogen-bond donors (Lipinski definition) is 2. The minimum Gasteiger partial charge on any atom is -0.454 e. The lowest BCUT2D eigenvalue weighted by molar-refractivity contribution is -0.125. The third kappa shape index (κ3) is 6.69. The Balaban J connectivity index is 1.47. The van der Waals surface area contributed by atoms with Gasteiger partial charge in [0.2, 0.25) is 12.7 Å². The second-order valence-corrected chi connectivity index (χ2v) is 8.44. The number of amides is 1. The molecule has 0 unspecified atom stereocenters. The summed E-state index contributed by atoms with van der Waals surface area (Å²) in [6.07, 6.45) is 3.26. The van der Waals surface area contributed by atoms with Gasteiger partial charge in [-0.2, -0.15) is 5.26 Å². The van der Waals surface area contributed by atoms with Crippen molar-refractivity contribution in [2.75, 3.05) is 13.4 Å². The van der Waals surface area contributed by atoms with Crippen LogP contribution < -0.4 is 14.8 Å². The summed E-state index contributed by atoms with van der Waals surface area (Å²) in [7, 11) is 0. The number of aliphatic hydroxyl groups is 1. The van der Waals surface area contributed by atoms with Gasteiger partial charge < -0.3 is 19.9 Å². The van der Waals surface area contributed by atoms with Crippen LogP contribution in [-0.2, 0) is 22.4 Å². The third-order valence-corrected chi connectivity index (χ3v) is 5.85. The number of nitrogens with zero attached hydrogens (tertiary/aromatic N) is 1. The minimum atomic E-state index is -0.819. The third-order valence-electron chi connectivity index (χ3n) is 5.85. The number of benzene rings is 3. The summed E-state index contributed by atoms with van der Waals surface area (Å²) in [5.74, 6) is 0.189. The molecule has 0 radical (unpaired) electrons. The van der Waals surface area contributed by atoms with Crippen LogP contribution in [0.25, 0.3) is 6.08 Å². The number of nitriles is 1. The molecule has 0 saturated heterocycles. The van der Waals surface area contributed by atoms with E-state index in [9.17, 15) is 14.4 Å². The first-order valence-electron chi connectivity index (χ1n) is 11.6. The van der Waals surface area contributed by atoms with Crippen molar-refractivity contribution in [3.05, 3.63) is 101 Å². The second kappa shape index (κ2) is 11.8. The first-order chi connectivity index (χ1) is 17.9. The number of Topliss-reactive ketones (excluding diaryl/α,β-unsaturated/α-hetero) is 2. The highest BCUT2D eigenvalue weighted by atomic mass is 16.7. The Bertz CT molecular complexity index is 1370. The summed E-state index contributed by atoms with van der Waals surface area (Å²) < 4.78 is 10.6. The van der Waals surface area contributed by atoms with Crippen LogP contribution in [0.2, 0.25) is 0 Å². The molecular weight excluding hydrogens is 472 g/mol. The van der Waals surface area contributed by atoms with Crippen molar-refractivity contribution >= 4 is 23.5 Å². The lowest BCUT2D eigenvalue weighted by atomic mass is 9.96. The van der Waals surface area contributed by atoms with E-state index in [2.05, 4.69) is 11.4 Å². The van der Waals surface area contributed by atoms with E-state index in [0.717, 1.165) is 11.1 Å². The van der Waals surface area contributed by atoms with E-state index in [1.54, 1.807) is 72.8 Å². The van der Waals surface area contributed by atoms with E-state index in [0.29, 0.717) is 28.2 Å². The summed E-state index contributed by atoms with van der Waals surface area (Å²) in [5, 5.41) is 20.8. The first-order valence-corrected chi connectivity index (χ1v) is 11.6. The fraction of sp³-hybridized carbons (Fsp3) is 0.172. The molecule has 0 aliphatic carbocycles. The quantitative estimate of drug-likeness (QED) is 0.326. The molecule has 8 nitrogen and oxygen atoms in total. The highest BCUT2D eigenvalue weighted by Crippen LogP contribution is 2.32. The van der Waals surface area contributed by atoms with Gasteiger partial charge in [0.25, 0.3) is 0 Å². The number of ether oxygens (including phenoxy) is 2. The Morgan fingerprint density at radius 3 is 2.38 bits per heavy atom. The van der Waals surface area contributed by atoms with Crippen molar-refractivity contribution in [2.24, 2.45) is 0 Å². The van der Waals surface area contributed by atoms with Crippen LogP contribution in [0, 0.1) is 11.3 Å². The number of rotatable bonds is 10. The number of nitrogens with one attached hydrogen (secondary N) is 1. The Hall–Kier alpha value is -4.74. The van der Waals surface area contributed by atoms with Gasteiger partial charge >= 0.3 is 0 Å². The van der Waals surface area contributed by atoms with Gasteiger partial charge in [0.05, 0.1) is 17.7 Å². The molecule has 0 aromatic heterocycles. The molecule has 1 aliphatic heterocycles. The summed E-state index contributed by atoms with van der Waals surface area (Å²) in [6.45, 7) is -0.431. The van der Waals surface area contributed by atoms with E-state index in [4.69, 9.17) is 19.8 Å². The molecule has 3 aromatic carbocycles.